The standard InChI is InChI=1S/C18H19N7O/c1-24-8-10-25(11-9-24)16-6-7-19-12-15(16)21-18(26)17-20-13-4-2-3-5-14(13)22-23-17/h2-7,12H,8-11H2,1H3,(H,21,26). The van der Waals surface area contributed by atoms with Gasteiger partial charge in [-0.25, -0.2) is 4.98 Å². The fourth-order valence-electron chi connectivity index (χ4n) is 2.96. The van der Waals surface area contributed by atoms with E-state index in [2.05, 4.69) is 42.3 Å². The molecule has 8 nitrogen and oxygen atoms in total. The van der Waals surface area contributed by atoms with Crippen molar-refractivity contribution in [2.24, 2.45) is 0 Å². The Morgan fingerprint density at radius 3 is 2.62 bits per heavy atom. The second-order valence-electron chi connectivity index (χ2n) is 6.26. The predicted octanol–water partition coefficient (Wildman–Crippen LogP) is 1.42. The van der Waals surface area contributed by atoms with Gasteiger partial charge in [0.2, 0.25) is 5.82 Å². The van der Waals surface area contributed by atoms with Crippen LogP contribution in [0.25, 0.3) is 11.0 Å². The molecule has 0 atom stereocenters. The van der Waals surface area contributed by atoms with E-state index in [-0.39, 0.29) is 5.82 Å². The molecule has 26 heavy (non-hydrogen) atoms. The molecule has 8 heteroatoms. The first-order valence-corrected chi connectivity index (χ1v) is 8.49. The number of carbonyl (C=O) groups is 1. The summed E-state index contributed by atoms with van der Waals surface area (Å²) in [5.41, 5.74) is 2.90. The lowest BCUT2D eigenvalue weighted by atomic mass is 10.2. The van der Waals surface area contributed by atoms with Crippen molar-refractivity contribution in [1.29, 1.82) is 0 Å². The number of hydrogen-bond acceptors (Lipinski definition) is 7. The summed E-state index contributed by atoms with van der Waals surface area (Å²) in [6.07, 6.45) is 3.39. The van der Waals surface area contributed by atoms with Gasteiger partial charge in [-0.2, -0.15) is 0 Å². The Kier molecular flexibility index (Phi) is 4.40. The highest BCUT2D eigenvalue weighted by Gasteiger charge is 2.19. The van der Waals surface area contributed by atoms with Crippen molar-refractivity contribution in [3.8, 4) is 0 Å². The van der Waals surface area contributed by atoms with E-state index < -0.39 is 5.91 Å². The van der Waals surface area contributed by atoms with E-state index in [1.54, 1.807) is 18.5 Å². The highest BCUT2D eigenvalue weighted by atomic mass is 16.2. The van der Waals surface area contributed by atoms with Gasteiger partial charge < -0.3 is 15.1 Å². The molecule has 1 aliphatic rings. The van der Waals surface area contributed by atoms with Gasteiger partial charge in [0.1, 0.15) is 5.52 Å². The molecule has 0 unspecified atom stereocenters. The first-order valence-electron chi connectivity index (χ1n) is 8.49. The maximum Gasteiger partial charge on any atom is 0.295 e. The molecule has 1 saturated heterocycles. The van der Waals surface area contributed by atoms with Gasteiger partial charge in [0.15, 0.2) is 0 Å². The molecule has 0 aliphatic carbocycles. The number of aromatic nitrogens is 4. The van der Waals surface area contributed by atoms with Crippen molar-refractivity contribution >= 4 is 28.3 Å². The highest BCUT2D eigenvalue weighted by Crippen LogP contribution is 2.25. The molecule has 0 spiro atoms. The third kappa shape index (κ3) is 3.31. The highest BCUT2D eigenvalue weighted by molar-refractivity contribution is 6.03. The molecule has 4 rings (SSSR count). The van der Waals surface area contributed by atoms with Crippen LogP contribution in [0.5, 0.6) is 0 Å². The molecule has 0 radical (unpaired) electrons. The molecule has 3 heterocycles. The Hall–Kier alpha value is -3.13. The van der Waals surface area contributed by atoms with Crippen molar-refractivity contribution < 1.29 is 4.79 Å². The number of nitrogens with zero attached hydrogens (tertiary/aromatic N) is 6. The average Bonchev–Trinajstić information content (AvgIpc) is 2.69. The molecule has 2 aromatic heterocycles. The first-order chi connectivity index (χ1) is 12.7. The molecular weight excluding hydrogens is 330 g/mol. The van der Waals surface area contributed by atoms with E-state index in [1.807, 2.05) is 24.3 Å². The lowest BCUT2D eigenvalue weighted by Crippen LogP contribution is -2.44. The van der Waals surface area contributed by atoms with Gasteiger partial charge in [-0.05, 0) is 25.2 Å². The zero-order chi connectivity index (χ0) is 17.9. The summed E-state index contributed by atoms with van der Waals surface area (Å²) in [4.78, 5) is 25.6. The number of benzene rings is 1. The van der Waals surface area contributed by atoms with E-state index in [0.717, 1.165) is 31.9 Å². The molecule has 1 fully saturated rings. The van der Waals surface area contributed by atoms with Crippen LogP contribution in [-0.2, 0) is 0 Å². The van der Waals surface area contributed by atoms with Gasteiger partial charge in [-0.15, -0.1) is 10.2 Å². The number of carbonyl (C=O) groups excluding carboxylic acids is 1. The SMILES string of the molecule is CN1CCN(c2ccncc2NC(=O)c2nnc3ccccc3n2)CC1. The van der Waals surface area contributed by atoms with Gasteiger partial charge in [0.25, 0.3) is 5.91 Å². The summed E-state index contributed by atoms with van der Waals surface area (Å²) < 4.78 is 0. The topological polar surface area (TPSA) is 87.1 Å². The third-order valence-electron chi connectivity index (χ3n) is 4.45. The monoisotopic (exact) mass is 349 g/mol. The maximum absolute atomic E-state index is 12.6. The number of para-hydroxylation sites is 1. The van der Waals surface area contributed by atoms with Crippen LogP contribution in [0.1, 0.15) is 10.6 Å². The van der Waals surface area contributed by atoms with Crippen LogP contribution in [0.15, 0.2) is 42.7 Å². The number of likely N-dealkylation sites (N-methyl/N-ethyl adjacent to an activating group) is 1. The summed E-state index contributed by atoms with van der Waals surface area (Å²) in [6, 6.07) is 9.24. The zero-order valence-electron chi connectivity index (χ0n) is 14.5. The molecule has 1 N–H and O–H groups in total. The average molecular weight is 349 g/mol. The minimum Gasteiger partial charge on any atom is -0.367 e. The number of hydrogen-bond donors (Lipinski definition) is 1. The molecule has 1 aliphatic heterocycles. The molecule has 1 amide bonds. The van der Waals surface area contributed by atoms with Crippen molar-refractivity contribution in [2.45, 2.75) is 0 Å². The van der Waals surface area contributed by atoms with Gasteiger partial charge >= 0.3 is 0 Å². The summed E-state index contributed by atoms with van der Waals surface area (Å²) in [6.45, 7) is 3.76. The summed E-state index contributed by atoms with van der Waals surface area (Å²) in [7, 11) is 2.11. The van der Waals surface area contributed by atoms with Gasteiger partial charge in [0, 0.05) is 32.4 Å². The minimum absolute atomic E-state index is 0.0388. The smallest absolute Gasteiger partial charge is 0.295 e. The molecule has 3 aromatic rings. The van der Waals surface area contributed by atoms with Crippen molar-refractivity contribution in [3.05, 3.63) is 48.5 Å². The van der Waals surface area contributed by atoms with Gasteiger partial charge in [-0.1, -0.05) is 12.1 Å². The number of rotatable bonds is 3. The number of fused-ring (bicyclic) bond motifs is 1. The lowest BCUT2D eigenvalue weighted by Gasteiger charge is -2.34. The number of nitrogens with one attached hydrogen (secondary N) is 1. The molecule has 1 aromatic carbocycles. The second-order valence-corrected chi connectivity index (χ2v) is 6.26. The molecule has 0 bridgehead atoms. The van der Waals surface area contributed by atoms with Crippen molar-refractivity contribution in [3.63, 3.8) is 0 Å². The Labute approximate surface area is 150 Å². The van der Waals surface area contributed by atoms with Gasteiger partial charge in [-0.3, -0.25) is 9.78 Å². The number of amides is 1. The number of anilines is 2. The Bertz CT molecular complexity index is 937. The van der Waals surface area contributed by atoms with Gasteiger partial charge in [0.05, 0.1) is 23.1 Å². The minimum atomic E-state index is -0.397. The second kappa shape index (κ2) is 7.01. The fraction of sp³-hybridized carbons (Fsp3) is 0.278. The maximum atomic E-state index is 12.6. The quantitative estimate of drug-likeness (QED) is 0.765. The van der Waals surface area contributed by atoms with Crippen LogP contribution in [0, 0.1) is 0 Å². The van der Waals surface area contributed by atoms with Crippen LogP contribution < -0.4 is 10.2 Å². The summed E-state index contributed by atoms with van der Waals surface area (Å²) >= 11 is 0. The number of pyridine rings is 1. The largest absolute Gasteiger partial charge is 0.367 e. The van der Waals surface area contributed by atoms with Crippen molar-refractivity contribution in [2.75, 3.05) is 43.4 Å². The van der Waals surface area contributed by atoms with Crippen LogP contribution in [0.3, 0.4) is 0 Å². The Morgan fingerprint density at radius 2 is 1.81 bits per heavy atom. The van der Waals surface area contributed by atoms with E-state index in [9.17, 15) is 4.79 Å². The number of piperazine rings is 1. The van der Waals surface area contributed by atoms with E-state index >= 15 is 0 Å². The molecule has 0 saturated carbocycles. The van der Waals surface area contributed by atoms with E-state index in [4.69, 9.17) is 0 Å². The van der Waals surface area contributed by atoms with E-state index in [0.29, 0.717) is 16.7 Å². The van der Waals surface area contributed by atoms with Crippen molar-refractivity contribution in [1.82, 2.24) is 25.1 Å². The van der Waals surface area contributed by atoms with Crippen LogP contribution in [-0.4, -0.2) is 64.2 Å². The molecular formula is C18H19N7O. The summed E-state index contributed by atoms with van der Waals surface area (Å²) in [5.74, 6) is -0.358. The Balaban J connectivity index is 1.57. The predicted molar refractivity (Wildman–Crippen MR) is 99.2 cm³/mol. The lowest BCUT2D eigenvalue weighted by molar-refractivity contribution is 0.101. The molecule has 132 valence electrons. The van der Waals surface area contributed by atoms with Crippen LogP contribution in [0.2, 0.25) is 0 Å². The van der Waals surface area contributed by atoms with Crippen LogP contribution in [0.4, 0.5) is 11.4 Å². The first kappa shape index (κ1) is 16.3. The zero-order valence-corrected chi connectivity index (χ0v) is 14.5. The fourth-order valence-corrected chi connectivity index (χ4v) is 2.96. The normalized spacial score (nSPS) is 15.2. The van der Waals surface area contributed by atoms with E-state index in [1.165, 1.54) is 0 Å². The Morgan fingerprint density at radius 1 is 1.04 bits per heavy atom. The summed E-state index contributed by atoms with van der Waals surface area (Å²) in [5, 5.41) is 10.9. The van der Waals surface area contributed by atoms with Crippen LogP contribution >= 0.6 is 0 Å². The third-order valence-corrected chi connectivity index (χ3v) is 4.45.